The van der Waals surface area contributed by atoms with Gasteiger partial charge in [-0.05, 0) is 41.9 Å². The van der Waals surface area contributed by atoms with Gasteiger partial charge in [0.15, 0.2) is 0 Å². The molecule has 0 radical (unpaired) electrons. The van der Waals surface area contributed by atoms with Crippen LogP contribution in [0.3, 0.4) is 0 Å². The molecule has 90 valence electrons. The van der Waals surface area contributed by atoms with Crippen LogP contribution in [0.2, 0.25) is 0 Å². The fraction of sp³-hybridized carbons (Fsp3) is 0. The van der Waals surface area contributed by atoms with E-state index in [0.717, 1.165) is 9.44 Å². The highest BCUT2D eigenvalue weighted by Gasteiger charge is 2.16. The van der Waals surface area contributed by atoms with Crippen molar-refractivity contribution in [3.63, 3.8) is 0 Å². The van der Waals surface area contributed by atoms with Crippen molar-refractivity contribution in [2.75, 3.05) is 0 Å². The summed E-state index contributed by atoms with van der Waals surface area (Å²) in [6.07, 6.45) is 0.504. The van der Waals surface area contributed by atoms with Crippen molar-refractivity contribution in [1.82, 2.24) is 8.94 Å². The highest BCUT2D eigenvalue weighted by molar-refractivity contribution is 7.09. The molecule has 1 N–H and O–H groups in total. The number of hydrogen-bond donors (Lipinski definition) is 1. The minimum absolute atomic E-state index is 0.388. The van der Waals surface area contributed by atoms with Gasteiger partial charge in [0, 0.05) is 11.6 Å². The van der Waals surface area contributed by atoms with Crippen LogP contribution < -0.4 is 0 Å². The lowest BCUT2D eigenvalue weighted by atomic mass is 10.2. The smallest absolute Gasteiger partial charge is 0.416 e. The van der Waals surface area contributed by atoms with E-state index in [0.29, 0.717) is 16.6 Å². The lowest BCUT2D eigenvalue weighted by molar-refractivity contribution is 0.198. The molecule has 6 heteroatoms. The van der Waals surface area contributed by atoms with Gasteiger partial charge < -0.3 is 5.11 Å². The molecule has 0 aliphatic rings. The van der Waals surface area contributed by atoms with E-state index >= 15 is 0 Å². The van der Waals surface area contributed by atoms with E-state index in [9.17, 15) is 14.3 Å². The topological polar surface area (TPSA) is 55.1 Å². The van der Waals surface area contributed by atoms with Crippen molar-refractivity contribution in [3.05, 3.63) is 42.3 Å². The Morgan fingerprint density at radius 3 is 2.83 bits per heavy atom. The minimum atomic E-state index is -1.10. The van der Waals surface area contributed by atoms with E-state index < -0.39 is 6.09 Å². The molecule has 0 unspecified atom stereocenters. The van der Waals surface area contributed by atoms with Gasteiger partial charge in [-0.1, -0.05) is 0 Å². The predicted molar refractivity (Wildman–Crippen MR) is 66.4 cm³/mol. The maximum absolute atomic E-state index is 13.2. The molecule has 0 spiro atoms. The van der Waals surface area contributed by atoms with E-state index in [1.54, 1.807) is 18.3 Å². The zero-order valence-corrected chi connectivity index (χ0v) is 9.82. The fourth-order valence-electron chi connectivity index (χ4n) is 1.92. The molecule has 2 heterocycles. The Morgan fingerprint density at radius 2 is 2.17 bits per heavy atom. The Hall–Kier alpha value is -2.21. The number of rotatable bonds is 1. The number of benzene rings is 1. The molecule has 0 saturated heterocycles. The van der Waals surface area contributed by atoms with Crippen LogP contribution in [-0.2, 0) is 0 Å². The first-order valence-electron chi connectivity index (χ1n) is 5.12. The largest absolute Gasteiger partial charge is 0.464 e. The van der Waals surface area contributed by atoms with Gasteiger partial charge in [-0.2, -0.15) is 0 Å². The van der Waals surface area contributed by atoms with Crippen molar-refractivity contribution >= 4 is 28.5 Å². The molecule has 0 bridgehead atoms. The molecule has 0 amide bonds. The van der Waals surface area contributed by atoms with E-state index in [-0.39, 0.29) is 5.82 Å². The average Bonchev–Trinajstić information content (AvgIpc) is 2.93. The number of halogens is 1. The lowest BCUT2D eigenvalue weighted by Crippen LogP contribution is -2.08. The van der Waals surface area contributed by atoms with Crippen molar-refractivity contribution in [3.8, 4) is 10.6 Å². The number of aromatic nitrogens is 2. The first-order valence-corrected chi connectivity index (χ1v) is 5.89. The summed E-state index contributed by atoms with van der Waals surface area (Å²) in [5.41, 5.74) is 0.970. The van der Waals surface area contributed by atoms with Crippen LogP contribution in [0.5, 0.6) is 0 Å². The summed E-state index contributed by atoms with van der Waals surface area (Å²) in [7, 11) is 0. The second kappa shape index (κ2) is 3.92. The molecule has 4 nitrogen and oxygen atoms in total. The number of carboxylic acid groups (broad SMARTS) is 1. The summed E-state index contributed by atoms with van der Waals surface area (Å²) in [6, 6.07) is 7.41. The quantitative estimate of drug-likeness (QED) is 0.731. The first-order chi connectivity index (χ1) is 8.66. The van der Waals surface area contributed by atoms with Crippen LogP contribution in [0, 0.1) is 5.82 Å². The Labute approximate surface area is 105 Å². The van der Waals surface area contributed by atoms with Gasteiger partial charge in [-0.3, -0.25) is 0 Å². The monoisotopic (exact) mass is 262 g/mol. The van der Waals surface area contributed by atoms with Crippen LogP contribution in [0.25, 0.3) is 21.5 Å². The van der Waals surface area contributed by atoms with Crippen LogP contribution in [0.15, 0.2) is 36.5 Å². The van der Waals surface area contributed by atoms with E-state index in [1.807, 2.05) is 0 Å². The van der Waals surface area contributed by atoms with E-state index in [2.05, 4.69) is 4.37 Å². The third kappa shape index (κ3) is 1.58. The fourth-order valence-corrected chi connectivity index (χ4v) is 2.52. The van der Waals surface area contributed by atoms with Gasteiger partial charge in [0.05, 0.1) is 16.1 Å². The van der Waals surface area contributed by atoms with Crippen molar-refractivity contribution in [2.45, 2.75) is 0 Å². The Balaban J connectivity index is 2.37. The number of hydrogen-bond acceptors (Lipinski definition) is 3. The highest BCUT2D eigenvalue weighted by Crippen LogP contribution is 2.30. The SMILES string of the molecule is O=C(O)n1c(-c2ccns2)cc2cc(F)ccc21. The third-order valence-corrected chi connectivity index (χ3v) is 3.41. The second-order valence-electron chi connectivity index (χ2n) is 3.73. The van der Waals surface area contributed by atoms with E-state index in [4.69, 9.17) is 0 Å². The van der Waals surface area contributed by atoms with Gasteiger partial charge in [-0.25, -0.2) is 18.1 Å². The van der Waals surface area contributed by atoms with Gasteiger partial charge in [0.1, 0.15) is 5.82 Å². The Kier molecular flexibility index (Phi) is 2.38. The summed E-state index contributed by atoms with van der Waals surface area (Å²) in [6.45, 7) is 0. The number of nitrogens with zero attached hydrogens (tertiary/aromatic N) is 2. The second-order valence-corrected chi connectivity index (χ2v) is 4.56. The Bertz CT molecular complexity index is 734. The summed E-state index contributed by atoms with van der Waals surface area (Å²) >= 11 is 1.20. The Morgan fingerprint density at radius 1 is 1.33 bits per heavy atom. The zero-order valence-electron chi connectivity index (χ0n) is 9.00. The molecule has 1 aromatic carbocycles. The van der Waals surface area contributed by atoms with Crippen molar-refractivity contribution in [1.29, 1.82) is 0 Å². The summed E-state index contributed by atoms with van der Waals surface area (Å²) in [5, 5.41) is 9.83. The molecular formula is C12H7FN2O2S. The van der Waals surface area contributed by atoms with Gasteiger partial charge >= 0.3 is 6.09 Å². The number of carbonyl (C=O) groups is 1. The van der Waals surface area contributed by atoms with Crippen molar-refractivity contribution in [2.24, 2.45) is 0 Å². The molecule has 2 aromatic heterocycles. The van der Waals surface area contributed by atoms with E-state index in [1.165, 1.54) is 29.7 Å². The summed E-state index contributed by atoms with van der Waals surface area (Å²) < 4.78 is 18.2. The highest BCUT2D eigenvalue weighted by atomic mass is 32.1. The molecule has 0 aliphatic carbocycles. The van der Waals surface area contributed by atoms with Crippen LogP contribution >= 0.6 is 11.5 Å². The van der Waals surface area contributed by atoms with Gasteiger partial charge in [-0.15, -0.1) is 0 Å². The molecule has 0 saturated carbocycles. The van der Waals surface area contributed by atoms with Crippen LogP contribution in [0.4, 0.5) is 9.18 Å². The van der Waals surface area contributed by atoms with Gasteiger partial charge in [0.2, 0.25) is 0 Å². The normalized spacial score (nSPS) is 10.9. The lowest BCUT2D eigenvalue weighted by Gasteiger charge is -2.02. The standard InChI is InChI=1S/C12H7FN2O2S/c13-8-1-2-9-7(5-8)6-10(15(9)12(16)17)11-3-4-14-18-11/h1-6H,(H,16,17). The molecule has 18 heavy (non-hydrogen) atoms. The maximum atomic E-state index is 13.2. The molecule has 0 fully saturated rings. The van der Waals surface area contributed by atoms with Crippen molar-refractivity contribution < 1.29 is 14.3 Å². The molecule has 3 rings (SSSR count). The van der Waals surface area contributed by atoms with Gasteiger partial charge in [0.25, 0.3) is 0 Å². The summed E-state index contributed by atoms with van der Waals surface area (Å²) in [4.78, 5) is 12.1. The minimum Gasteiger partial charge on any atom is -0.464 e. The van der Waals surface area contributed by atoms with Crippen LogP contribution in [-0.4, -0.2) is 20.1 Å². The van der Waals surface area contributed by atoms with Crippen LogP contribution in [0.1, 0.15) is 0 Å². The predicted octanol–water partition coefficient (Wildman–Crippen LogP) is 3.43. The first kappa shape index (κ1) is 10.9. The maximum Gasteiger partial charge on any atom is 0.416 e. The average molecular weight is 262 g/mol. The third-order valence-electron chi connectivity index (χ3n) is 2.65. The molecule has 0 atom stereocenters. The molecular weight excluding hydrogens is 255 g/mol. The zero-order chi connectivity index (χ0) is 12.7. The molecule has 0 aliphatic heterocycles. The molecule has 3 aromatic rings. The number of fused-ring (bicyclic) bond motifs is 1. The summed E-state index contributed by atoms with van der Waals surface area (Å²) in [5.74, 6) is -0.388.